The van der Waals surface area contributed by atoms with Gasteiger partial charge in [-0.15, -0.1) is 0 Å². The van der Waals surface area contributed by atoms with E-state index in [0.29, 0.717) is 6.04 Å². The first kappa shape index (κ1) is 20.8. The van der Waals surface area contributed by atoms with Crippen molar-refractivity contribution in [2.24, 2.45) is 0 Å². The minimum Gasteiger partial charge on any atom is -0.352 e. The molecule has 8 heteroatoms. The second kappa shape index (κ2) is 8.75. The van der Waals surface area contributed by atoms with Crippen LogP contribution in [0.2, 0.25) is 0 Å². The second-order valence-corrected chi connectivity index (χ2v) is 8.11. The fourth-order valence-electron chi connectivity index (χ4n) is 3.83. The summed E-state index contributed by atoms with van der Waals surface area (Å²) in [4.78, 5) is 17.0. The number of hydrogen-bond acceptors (Lipinski definition) is 4. The molecule has 4 aromatic rings. The molecule has 0 aliphatic heterocycles. The number of nitrogens with zero attached hydrogens (tertiary/aromatic N) is 6. The van der Waals surface area contributed by atoms with Crippen LogP contribution in [0.25, 0.3) is 28.0 Å². The van der Waals surface area contributed by atoms with E-state index in [2.05, 4.69) is 35.6 Å². The van der Waals surface area contributed by atoms with Crippen LogP contribution in [0.15, 0.2) is 49.3 Å². The average Bonchev–Trinajstić information content (AvgIpc) is 3.48. The molecule has 1 N–H and O–H groups in total. The predicted molar refractivity (Wildman–Crippen MR) is 121 cm³/mol. The quantitative estimate of drug-likeness (QED) is 0.469. The molecule has 0 unspecified atom stereocenters. The Morgan fingerprint density at radius 3 is 2.61 bits per heavy atom. The first-order valence-electron chi connectivity index (χ1n) is 10.8. The number of carbonyl (C=O) groups is 1. The highest BCUT2D eigenvalue weighted by Gasteiger charge is 2.15. The van der Waals surface area contributed by atoms with Crippen LogP contribution in [0.4, 0.5) is 0 Å². The molecule has 0 saturated carbocycles. The molecule has 162 valence electrons. The van der Waals surface area contributed by atoms with Crippen LogP contribution in [0.1, 0.15) is 46.6 Å². The van der Waals surface area contributed by atoms with Crippen molar-refractivity contribution in [3.8, 4) is 22.5 Å². The Morgan fingerprint density at radius 1 is 1.06 bits per heavy atom. The minimum atomic E-state index is -0.0119. The van der Waals surface area contributed by atoms with Gasteiger partial charge in [-0.2, -0.15) is 10.2 Å². The summed E-state index contributed by atoms with van der Waals surface area (Å²) in [6.07, 6.45) is 13.5. The highest BCUT2D eigenvalue weighted by Crippen LogP contribution is 2.28. The highest BCUT2D eigenvalue weighted by atomic mass is 16.2. The fraction of sp³-hybridized carbons (Fsp3) is 0.391. The van der Waals surface area contributed by atoms with Gasteiger partial charge in [0.2, 0.25) is 5.91 Å². The third-order valence-electron chi connectivity index (χ3n) is 5.40. The van der Waals surface area contributed by atoms with Crippen molar-refractivity contribution in [3.05, 3.63) is 49.3 Å². The van der Waals surface area contributed by atoms with Crippen LogP contribution >= 0.6 is 0 Å². The number of hydrogen-bond donors (Lipinski definition) is 1. The minimum absolute atomic E-state index is 0.0119. The Bertz CT molecular complexity index is 1180. The Balaban J connectivity index is 1.68. The van der Waals surface area contributed by atoms with Crippen molar-refractivity contribution in [3.63, 3.8) is 0 Å². The summed E-state index contributed by atoms with van der Waals surface area (Å²) in [7, 11) is 0. The summed E-state index contributed by atoms with van der Waals surface area (Å²) < 4.78 is 5.74. The number of amides is 1. The monoisotopic (exact) mass is 419 g/mol. The van der Waals surface area contributed by atoms with E-state index in [1.807, 2.05) is 64.5 Å². The van der Waals surface area contributed by atoms with Gasteiger partial charge in [0.15, 0.2) is 0 Å². The van der Waals surface area contributed by atoms with Crippen LogP contribution in [-0.4, -0.2) is 40.9 Å². The van der Waals surface area contributed by atoms with E-state index >= 15 is 0 Å². The van der Waals surface area contributed by atoms with Gasteiger partial charge in [-0.05, 0) is 38.8 Å². The lowest BCUT2D eigenvalue weighted by atomic mass is 10.1. The molecule has 0 spiro atoms. The van der Waals surface area contributed by atoms with Gasteiger partial charge in [0.05, 0.1) is 41.5 Å². The Kier molecular flexibility index (Phi) is 5.88. The summed E-state index contributed by atoms with van der Waals surface area (Å²) in [5, 5.41) is 11.9. The molecule has 0 radical (unpaired) electrons. The van der Waals surface area contributed by atoms with Gasteiger partial charge in [-0.1, -0.05) is 13.8 Å². The first-order valence-corrected chi connectivity index (χ1v) is 10.8. The Labute approximate surface area is 181 Å². The lowest BCUT2D eigenvalue weighted by molar-refractivity contribution is -0.122. The van der Waals surface area contributed by atoms with Gasteiger partial charge in [0.1, 0.15) is 6.54 Å². The van der Waals surface area contributed by atoms with E-state index in [1.165, 1.54) is 0 Å². The molecule has 1 amide bonds. The van der Waals surface area contributed by atoms with E-state index < -0.39 is 0 Å². The van der Waals surface area contributed by atoms with Gasteiger partial charge >= 0.3 is 0 Å². The molecule has 8 nitrogen and oxygen atoms in total. The second-order valence-electron chi connectivity index (χ2n) is 8.11. The highest BCUT2D eigenvalue weighted by molar-refractivity contribution is 5.79. The van der Waals surface area contributed by atoms with E-state index in [-0.39, 0.29) is 18.5 Å². The van der Waals surface area contributed by atoms with Crippen molar-refractivity contribution in [1.29, 1.82) is 0 Å². The van der Waals surface area contributed by atoms with Crippen LogP contribution in [0.5, 0.6) is 0 Å². The topological polar surface area (TPSA) is 82.0 Å². The Hall–Kier alpha value is -3.42. The SMILES string of the molecule is CCC(CC)n1cc(-c2nc(-c3ccn(CC(=O)NC(C)C)c3)cn3nccc23)cn1. The average molecular weight is 420 g/mol. The van der Waals surface area contributed by atoms with Gasteiger partial charge in [-0.25, -0.2) is 9.50 Å². The molecule has 4 rings (SSSR count). The van der Waals surface area contributed by atoms with Crippen molar-refractivity contribution in [2.45, 2.75) is 59.2 Å². The number of carbonyl (C=O) groups excluding carboxylic acids is 1. The lowest BCUT2D eigenvalue weighted by Gasteiger charge is -2.12. The molecule has 0 aliphatic rings. The Morgan fingerprint density at radius 2 is 1.87 bits per heavy atom. The predicted octanol–water partition coefficient (Wildman–Crippen LogP) is 3.95. The van der Waals surface area contributed by atoms with E-state index in [4.69, 9.17) is 4.98 Å². The number of aromatic nitrogens is 6. The molecule has 0 atom stereocenters. The lowest BCUT2D eigenvalue weighted by Crippen LogP contribution is -2.32. The number of fused-ring (bicyclic) bond motifs is 1. The molecular formula is C23H29N7O. The smallest absolute Gasteiger partial charge is 0.240 e. The normalized spacial score (nSPS) is 11.7. The third-order valence-corrected chi connectivity index (χ3v) is 5.40. The molecular weight excluding hydrogens is 390 g/mol. The van der Waals surface area contributed by atoms with Crippen molar-refractivity contribution in [1.82, 2.24) is 34.3 Å². The third kappa shape index (κ3) is 4.38. The molecule has 0 bridgehead atoms. The van der Waals surface area contributed by atoms with Gasteiger partial charge in [-0.3, -0.25) is 9.48 Å². The molecule has 31 heavy (non-hydrogen) atoms. The van der Waals surface area contributed by atoms with Crippen molar-refractivity contribution in [2.75, 3.05) is 0 Å². The summed E-state index contributed by atoms with van der Waals surface area (Å²) >= 11 is 0. The maximum Gasteiger partial charge on any atom is 0.240 e. The largest absolute Gasteiger partial charge is 0.352 e. The summed E-state index contributed by atoms with van der Waals surface area (Å²) in [5.41, 5.74) is 4.48. The van der Waals surface area contributed by atoms with Gasteiger partial charge in [0.25, 0.3) is 0 Å². The standard InChI is InChI=1S/C23H29N7O/c1-5-19(6-2)29-13-18(11-25-29)23-21-7-9-24-30(21)14-20(27-23)17-8-10-28(12-17)15-22(31)26-16(3)4/h7-14,16,19H,5-6,15H2,1-4H3,(H,26,31). The molecule has 0 fully saturated rings. The molecule has 4 aromatic heterocycles. The van der Waals surface area contributed by atoms with Gasteiger partial charge < -0.3 is 9.88 Å². The van der Waals surface area contributed by atoms with E-state index in [1.54, 1.807) is 6.20 Å². The summed E-state index contributed by atoms with van der Waals surface area (Å²) in [6.45, 7) is 8.53. The zero-order valence-corrected chi connectivity index (χ0v) is 18.5. The van der Waals surface area contributed by atoms with Crippen molar-refractivity contribution >= 4 is 11.4 Å². The van der Waals surface area contributed by atoms with E-state index in [9.17, 15) is 4.79 Å². The molecule has 0 aliphatic carbocycles. The molecule has 4 heterocycles. The maximum atomic E-state index is 12.1. The zero-order chi connectivity index (χ0) is 22.0. The summed E-state index contributed by atoms with van der Waals surface area (Å²) in [5.74, 6) is -0.0119. The summed E-state index contributed by atoms with van der Waals surface area (Å²) in [6, 6.07) is 4.43. The molecule has 0 aromatic carbocycles. The van der Waals surface area contributed by atoms with E-state index in [0.717, 1.165) is 40.9 Å². The first-order chi connectivity index (χ1) is 15.0. The molecule has 0 saturated heterocycles. The number of nitrogens with one attached hydrogen (secondary N) is 1. The van der Waals surface area contributed by atoms with Crippen LogP contribution in [-0.2, 0) is 11.3 Å². The zero-order valence-electron chi connectivity index (χ0n) is 18.5. The van der Waals surface area contributed by atoms with Crippen molar-refractivity contribution < 1.29 is 4.79 Å². The van der Waals surface area contributed by atoms with Crippen LogP contribution in [0.3, 0.4) is 0 Å². The fourth-order valence-corrected chi connectivity index (χ4v) is 3.83. The van der Waals surface area contributed by atoms with Crippen LogP contribution in [0, 0.1) is 0 Å². The number of rotatable bonds is 8. The maximum absolute atomic E-state index is 12.1. The van der Waals surface area contributed by atoms with Crippen LogP contribution < -0.4 is 5.32 Å². The van der Waals surface area contributed by atoms with Gasteiger partial charge in [0, 0.05) is 35.8 Å².